The van der Waals surface area contributed by atoms with E-state index in [9.17, 15) is 9.59 Å². The van der Waals surface area contributed by atoms with E-state index in [-0.39, 0.29) is 5.82 Å². The van der Waals surface area contributed by atoms with Gasteiger partial charge >= 0.3 is 5.69 Å². The molecule has 7 nitrogen and oxygen atoms in total. The van der Waals surface area contributed by atoms with Crippen LogP contribution in [0.5, 0.6) is 11.5 Å². The maximum Gasteiger partial charge on any atom is 0.346 e. The zero-order valence-corrected chi connectivity index (χ0v) is 11.0. The molecule has 0 atom stereocenters. The summed E-state index contributed by atoms with van der Waals surface area (Å²) >= 11 is 0. The van der Waals surface area contributed by atoms with Crippen LogP contribution >= 0.6 is 0 Å². The quantitative estimate of drug-likeness (QED) is 0.869. The predicted octanol–water partition coefficient (Wildman–Crippen LogP) is 1.04. The standard InChI is InChI=1S/C13H13N3O4/c1-19-9-4-3-8(7-10(9)20-2)12(17)15-11-5-6-14-13(18)16-11/h3-7H,1-2H3,(H2,14,15,16,17,18). The molecule has 0 saturated heterocycles. The third-order valence-electron chi connectivity index (χ3n) is 2.56. The molecule has 20 heavy (non-hydrogen) atoms. The summed E-state index contributed by atoms with van der Waals surface area (Å²) in [5, 5.41) is 2.52. The molecule has 2 rings (SSSR count). The van der Waals surface area contributed by atoms with Crippen LogP contribution in [-0.4, -0.2) is 30.1 Å². The first kappa shape index (κ1) is 13.6. The predicted molar refractivity (Wildman–Crippen MR) is 72.4 cm³/mol. The van der Waals surface area contributed by atoms with Gasteiger partial charge in [-0.05, 0) is 24.3 Å². The number of hydrogen-bond acceptors (Lipinski definition) is 5. The highest BCUT2D eigenvalue weighted by atomic mass is 16.5. The fraction of sp³-hybridized carbons (Fsp3) is 0.154. The molecule has 1 aromatic carbocycles. The molecule has 2 aromatic rings. The molecule has 1 amide bonds. The summed E-state index contributed by atoms with van der Waals surface area (Å²) in [6.07, 6.45) is 1.40. The van der Waals surface area contributed by atoms with Crippen molar-refractivity contribution in [1.82, 2.24) is 9.97 Å². The zero-order valence-electron chi connectivity index (χ0n) is 11.0. The van der Waals surface area contributed by atoms with E-state index in [4.69, 9.17) is 9.47 Å². The number of hydrogen-bond donors (Lipinski definition) is 2. The second kappa shape index (κ2) is 5.87. The van der Waals surface area contributed by atoms with Crippen LogP contribution in [0, 0.1) is 0 Å². The van der Waals surface area contributed by atoms with E-state index in [1.807, 2.05) is 0 Å². The maximum atomic E-state index is 12.0. The summed E-state index contributed by atoms with van der Waals surface area (Å²) in [7, 11) is 3.00. The monoisotopic (exact) mass is 275 g/mol. The second-order valence-electron chi connectivity index (χ2n) is 3.80. The molecule has 2 N–H and O–H groups in total. The Labute approximate surface area is 114 Å². The molecule has 0 saturated carbocycles. The number of nitrogens with one attached hydrogen (secondary N) is 2. The Bertz CT molecular complexity index is 681. The molecular weight excluding hydrogens is 262 g/mol. The van der Waals surface area contributed by atoms with Gasteiger partial charge in [-0.25, -0.2) is 4.79 Å². The van der Waals surface area contributed by atoms with Gasteiger partial charge in [0.1, 0.15) is 5.82 Å². The third-order valence-corrected chi connectivity index (χ3v) is 2.56. The van der Waals surface area contributed by atoms with E-state index in [0.717, 1.165) is 0 Å². The summed E-state index contributed by atoms with van der Waals surface area (Å²) in [5.41, 5.74) is -0.167. The number of methoxy groups -OCH3 is 2. The van der Waals surface area contributed by atoms with Gasteiger partial charge in [0.15, 0.2) is 11.5 Å². The van der Waals surface area contributed by atoms with Crippen LogP contribution in [0.15, 0.2) is 35.3 Å². The Kier molecular flexibility index (Phi) is 3.99. The van der Waals surface area contributed by atoms with E-state index < -0.39 is 11.6 Å². The first-order chi connectivity index (χ1) is 9.63. The summed E-state index contributed by atoms with van der Waals surface area (Å²) in [6.45, 7) is 0. The lowest BCUT2D eigenvalue weighted by Crippen LogP contribution is -2.17. The lowest BCUT2D eigenvalue weighted by molar-refractivity contribution is 0.102. The van der Waals surface area contributed by atoms with E-state index in [2.05, 4.69) is 15.3 Å². The van der Waals surface area contributed by atoms with Crippen LogP contribution in [0.1, 0.15) is 10.4 Å². The van der Waals surface area contributed by atoms with Crippen LogP contribution in [0.3, 0.4) is 0 Å². The maximum absolute atomic E-state index is 12.0. The summed E-state index contributed by atoms with van der Waals surface area (Å²) in [5.74, 6) is 0.745. The number of amides is 1. The highest BCUT2D eigenvalue weighted by molar-refractivity contribution is 6.04. The molecular formula is C13H13N3O4. The molecule has 0 unspecified atom stereocenters. The summed E-state index contributed by atoms with van der Waals surface area (Å²) in [6, 6.07) is 6.24. The zero-order chi connectivity index (χ0) is 14.5. The van der Waals surface area contributed by atoms with Gasteiger partial charge in [-0.15, -0.1) is 0 Å². The first-order valence-electron chi connectivity index (χ1n) is 5.73. The molecule has 1 heterocycles. The van der Waals surface area contributed by atoms with Gasteiger partial charge in [0.25, 0.3) is 5.91 Å². The summed E-state index contributed by atoms with van der Waals surface area (Å²) < 4.78 is 10.2. The number of carbonyl (C=O) groups excluding carboxylic acids is 1. The number of anilines is 1. The topological polar surface area (TPSA) is 93.3 Å². The van der Waals surface area contributed by atoms with E-state index in [1.54, 1.807) is 18.2 Å². The smallest absolute Gasteiger partial charge is 0.346 e. The molecule has 0 aliphatic carbocycles. The van der Waals surface area contributed by atoms with Crippen LogP contribution in [0.2, 0.25) is 0 Å². The SMILES string of the molecule is COc1ccc(C(=O)Nc2cc[nH]c(=O)n2)cc1OC. The minimum absolute atomic E-state index is 0.175. The fourth-order valence-corrected chi connectivity index (χ4v) is 1.61. The number of carbonyl (C=O) groups is 1. The van der Waals surface area contributed by atoms with Gasteiger partial charge in [-0.2, -0.15) is 4.98 Å². The Balaban J connectivity index is 2.23. The van der Waals surface area contributed by atoms with Gasteiger partial charge < -0.3 is 19.8 Å². The Hall–Kier alpha value is -2.83. The van der Waals surface area contributed by atoms with Crippen molar-refractivity contribution in [3.05, 3.63) is 46.5 Å². The average molecular weight is 275 g/mol. The second-order valence-corrected chi connectivity index (χ2v) is 3.80. The lowest BCUT2D eigenvalue weighted by Gasteiger charge is -2.09. The van der Waals surface area contributed by atoms with Crippen molar-refractivity contribution in [3.8, 4) is 11.5 Å². The number of benzene rings is 1. The van der Waals surface area contributed by atoms with Gasteiger partial charge in [0.2, 0.25) is 0 Å². The fourth-order valence-electron chi connectivity index (χ4n) is 1.61. The van der Waals surface area contributed by atoms with Crippen molar-refractivity contribution in [2.24, 2.45) is 0 Å². The number of ether oxygens (including phenoxy) is 2. The van der Waals surface area contributed by atoms with Gasteiger partial charge in [0.05, 0.1) is 14.2 Å². The largest absolute Gasteiger partial charge is 0.493 e. The van der Waals surface area contributed by atoms with E-state index >= 15 is 0 Å². The molecule has 104 valence electrons. The van der Waals surface area contributed by atoms with Crippen molar-refractivity contribution in [2.45, 2.75) is 0 Å². The Morgan fingerprint density at radius 1 is 1.20 bits per heavy atom. The molecule has 0 bridgehead atoms. The van der Waals surface area contributed by atoms with Crippen molar-refractivity contribution in [2.75, 3.05) is 19.5 Å². The van der Waals surface area contributed by atoms with Gasteiger partial charge in [-0.3, -0.25) is 4.79 Å². The molecule has 7 heteroatoms. The van der Waals surface area contributed by atoms with Crippen molar-refractivity contribution < 1.29 is 14.3 Å². The van der Waals surface area contributed by atoms with Crippen molar-refractivity contribution >= 4 is 11.7 Å². The van der Waals surface area contributed by atoms with Crippen molar-refractivity contribution in [3.63, 3.8) is 0 Å². The van der Waals surface area contributed by atoms with E-state index in [0.29, 0.717) is 17.1 Å². The molecule has 0 aliphatic rings. The molecule has 0 radical (unpaired) electrons. The highest BCUT2D eigenvalue weighted by Crippen LogP contribution is 2.27. The van der Waals surface area contributed by atoms with Crippen LogP contribution < -0.4 is 20.5 Å². The third kappa shape index (κ3) is 2.94. The van der Waals surface area contributed by atoms with Crippen molar-refractivity contribution in [1.29, 1.82) is 0 Å². The van der Waals surface area contributed by atoms with Crippen LogP contribution in [0.25, 0.3) is 0 Å². The minimum atomic E-state index is -0.532. The molecule has 0 fully saturated rings. The average Bonchev–Trinajstić information content (AvgIpc) is 2.46. The Morgan fingerprint density at radius 2 is 1.95 bits per heavy atom. The number of rotatable bonds is 4. The minimum Gasteiger partial charge on any atom is -0.493 e. The highest BCUT2D eigenvalue weighted by Gasteiger charge is 2.11. The Morgan fingerprint density at radius 3 is 2.60 bits per heavy atom. The number of aromatic amines is 1. The van der Waals surface area contributed by atoms with Crippen LogP contribution in [-0.2, 0) is 0 Å². The first-order valence-corrected chi connectivity index (χ1v) is 5.73. The number of aromatic nitrogens is 2. The van der Waals surface area contributed by atoms with Gasteiger partial charge in [0, 0.05) is 11.8 Å². The number of nitrogens with zero attached hydrogens (tertiary/aromatic N) is 1. The number of H-pyrrole nitrogens is 1. The molecule has 1 aromatic heterocycles. The molecule has 0 aliphatic heterocycles. The summed E-state index contributed by atoms with van der Waals surface area (Å²) in [4.78, 5) is 29.1. The lowest BCUT2D eigenvalue weighted by atomic mass is 10.2. The normalized spacial score (nSPS) is 9.90. The van der Waals surface area contributed by atoms with E-state index in [1.165, 1.54) is 26.5 Å². The van der Waals surface area contributed by atoms with Crippen LogP contribution in [0.4, 0.5) is 5.82 Å². The molecule has 0 spiro atoms. The van der Waals surface area contributed by atoms with Gasteiger partial charge in [-0.1, -0.05) is 0 Å².